The number of para-hydroxylation sites is 1. The first kappa shape index (κ1) is 19.9. The van der Waals surface area contributed by atoms with E-state index in [0.29, 0.717) is 11.0 Å². The highest BCUT2D eigenvalue weighted by molar-refractivity contribution is 8.00. The molecule has 0 bridgehead atoms. The van der Waals surface area contributed by atoms with E-state index in [9.17, 15) is 4.79 Å². The summed E-state index contributed by atoms with van der Waals surface area (Å²) in [5, 5.41) is 16.2. The Kier molecular flexibility index (Phi) is 5.73. The monoisotopic (exact) mass is 400 g/mol. The van der Waals surface area contributed by atoms with Crippen LogP contribution in [-0.2, 0) is 18.9 Å². The molecule has 1 atom stereocenters. The van der Waals surface area contributed by atoms with Crippen molar-refractivity contribution >= 4 is 23.4 Å². The number of methoxy groups -OCH3 is 1. The number of carbonyl (C=O) groups excluding carboxylic acids is 1. The number of rotatable bonds is 6. The number of hydrogen-bond acceptors (Lipinski definition) is 6. The first-order valence-electron chi connectivity index (χ1n) is 8.84. The number of ether oxygens (including phenoxy) is 1. The minimum Gasteiger partial charge on any atom is -0.496 e. The van der Waals surface area contributed by atoms with E-state index in [0.717, 1.165) is 28.4 Å². The molecule has 0 saturated carbocycles. The van der Waals surface area contributed by atoms with Crippen molar-refractivity contribution in [1.82, 2.24) is 24.5 Å². The molecule has 1 N–H and O–H groups in total. The Balaban J connectivity index is 1.77. The summed E-state index contributed by atoms with van der Waals surface area (Å²) in [5.41, 5.74) is 3.32. The van der Waals surface area contributed by atoms with Crippen molar-refractivity contribution in [1.29, 1.82) is 0 Å². The molecule has 0 aliphatic heterocycles. The largest absolute Gasteiger partial charge is 0.496 e. The number of thioether (sulfide) groups is 1. The van der Waals surface area contributed by atoms with Crippen molar-refractivity contribution in [2.45, 2.75) is 31.2 Å². The number of amides is 1. The SMILES string of the molecule is COc1ccccc1-c1nnc(S[C@@H](C)C(=O)Nc2c(C)nn(C)c2C)n1C. The molecule has 0 saturated heterocycles. The lowest BCUT2D eigenvalue weighted by molar-refractivity contribution is -0.115. The molecule has 0 aliphatic carbocycles. The Morgan fingerprint density at radius 2 is 1.93 bits per heavy atom. The molecule has 2 aromatic heterocycles. The second-order valence-electron chi connectivity index (χ2n) is 6.48. The maximum absolute atomic E-state index is 12.7. The number of hydrogen-bond donors (Lipinski definition) is 1. The lowest BCUT2D eigenvalue weighted by Gasteiger charge is -2.12. The molecule has 148 valence electrons. The van der Waals surface area contributed by atoms with E-state index < -0.39 is 0 Å². The lowest BCUT2D eigenvalue weighted by Crippen LogP contribution is -2.23. The van der Waals surface area contributed by atoms with Crippen molar-refractivity contribution < 1.29 is 9.53 Å². The summed E-state index contributed by atoms with van der Waals surface area (Å²) in [6.45, 7) is 5.65. The molecule has 0 fully saturated rings. The van der Waals surface area contributed by atoms with E-state index in [1.807, 2.05) is 63.7 Å². The summed E-state index contributed by atoms with van der Waals surface area (Å²) >= 11 is 1.35. The van der Waals surface area contributed by atoms with Crippen LogP contribution in [0.2, 0.25) is 0 Å². The topological polar surface area (TPSA) is 86.9 Å². The highest BCUT2D eigenvalue weighted by atomic mass is 32.2. The minimum absolute atomic E-state index is 0.106. The van der Waals surface area contributed by atoms with E-state index in [-0.39, 0.29) is 11.2 Å². The highest BCUT2D eigenvalue weighted by Crippen LogP contribution is 2.31. The summed E-state index contributed by atoms with van der Waals surface area (Å²) in [5.74, 6) is 1.31. The van der Waals surface area contributed by atoms with Crippen molar-refractivity contribution in [3.8, 4) is 17.1 Å². The fraction of sp³-hybridized carbons (Fsp3) is 0.368. The van der Waals surface area contributed by atoms with Crippen molar-refractivity contribution in [3.63, 3.8) is 0 Å². The summed E-state index contributed by atoms with van der Waals surface area (Å²) in [6, 6.07) is 7.64. The zero-order valence-corrected chi connectivity index (χ0v) is 17.7. The molecule has 28 heavy (non-hydrogen) atoms. The van der Waals surface area contributed by atoms with Gasteiger partial charge in [0.1, 0.15) is 5.75 Å². The van der Waals surface area contributed by atoms with Gasteiger partial charge < -0.3 is 14.6 Å². The number of anilines is 1. The second-order valence-corrected chi connectivity index (χ2v) is 7.79. The third-order valence-electron chi connectivity index (χ3n) is 4.59. The maximum Gasteiger partial charge on any atom is 0.237 e. The molecule has 1 amide bonds. The van der Waals surface area contributed by atoms with Gasteiger partial charge in [0.15, 0.2) is 11.0 Å². The lowest BCUT2D eigenvalue weighted by atomic mass is 10.2. The highest BCUT2D eigenvalue weighted by Gasteiger charge is 2.22. The Bertz CT molecular complexity index is 1010. The number of nitrogens with zero attached hydrogens (tertiary/aromatic N) is 5. The zero-order chi connectivity index (χ0) is 20.4. The molecular formula is C19H24N6O2S. The average Bonchev–Trinajstić information content (AvgIpc) is 3.15. The van der Waals surface area contributed by atoms with Crippen LogP contribution >= 0.6 is 11.8 Å². The van der Waals surface area contributed by atoms with Crippen LogP contribution in [0, 0.1) is 13.8 Å². The number of benzene rings is 1. The van der Waals surface area contributed by atoms with E-state index >= 15 is 0 Å². The van der Waals surface area contributed by atoms with E-state index in [1.54, 1.807) is 11.8 Å². The van der Waals surface area contributed by atoms with Crippen LogP contribution in [0.4, 0.5) is 5.69 Å². The van der Waals surface area contributed by atoms with E-state index in [2.05, 4.69) is 20.6 Å². The molecule has 1 aromatic carbocycles. The van der Waals surface area contributed by atoms with Crippen LogP contribution in [0.25, 0.3) is 11.4 Å². The molecule has 0 radical (unpaired) electrons. The molecule has 2 heterocycles. The quantitative estimate of drug-likeness (QED) is 0.640. The van der Waals surface area contributed by atoms with E-state index in [4.69, 9.17) is 4.74 Å². The predicted octanol–water partition coefficient (Wildman–Crippen LogP) is 2.96. The summed E-state index contributed by atoms with van der Waals surface area (Å²) in [6.07, 6.45) is 0. The van der Waals surface area contributed by atoms with Crippen LogP contribution in [0.1, 0.15) is 18.3 Å². The standard InChI is InChI=1S/C19H24N6O2S/c1-11-16(12(2)25(5)23-11)20-18(26)13(3)28-19-22-21-17(24(19)4)14-9-7-8-10-15(14)27-6/h7-10,13H,1-6H3,(H,20,26)/t13-/m0/s1. The summed E-state index contributed by atoms with van der Waals surface area (Å²) < 4.78 is 9.04. The second kappa shape index (κ2) is 8.05. The van der Waals surface area contributed by atoms with Gasteiger partial charge in [-0.15, -0.1) is 10.2 Å². The Hall–Kier alpha value is -2.81. The van der Waals surface area contributed by atoms with Crippen molar-refractivity contribution in [3.05, 3.63) is 35.7 Å². The fourth-order valence-corrected chi connectivity index (χ4v) is 3.69. The summed E-state index contributed by atoms with van der Waals surface area (Å²) in [7, 11) is 5.36. The Morgan fingerprint density at radius 1 is 1.21 bits per heavy atom. The van der Waals surface area contributed by atoms with Crippen molar-refractivity contribution in [2.75, 3.05) is 12.4 Å². The van der Waals surface area contributed by atoms with Crippen LogP contribution in [-0.4, -0.2) is 42.8 Å². The third kappa shape index (κ3) is 3.75. The number of aryl methyl sites for hydroxylation is 2. The normalized spacial score (nSPS) is 12.1. The predicted molar refractivity (Wildman–Crippen MR) is 110 cm³/mol. The minimum atomic E-state index is -0.354. The van der Waals surface area contributed by atoms with Gasteiger partial charge in [0.2, 0.25) is 5.91 Å². The fourth-order valence-electron chi connectivity index (χ4n) is 2.87. The first-order valence-corrected chi connectivity index (χ1v) is 9.72. The van der Waals surface area contributed by atoms with Crippen LogP contribution in [0.5, 0.6) is 5.75 Å². The van der Waals surface area contributed by atoms with Gasteiger partial charge >= 0.3 is 0 Å². The van der Waals surface area contributed by atoms with Gasteiger partial charge in [-0.3, -0.25) is 9.48 Å². The molecule has 0 unspecified atom stereocenters. The van der Waals surface area contributed by atoms with Gasteiger partial charge in [-0.2, -0.15) is 5.10 Å². The molecule has 3 rings (SSSR count). The van der Waals surface area contributed by atoms with Gasteiger partial charge in [-0.05, 0) is 32.9 Å². The maximum atomic E-state index is 12.7. The molecular weight excluding hydrogens is 376 g/mol. The van der Waals surface area contributed by atoms with Gasteiger partial charge in [-0.1, -0.05) is 23.9 Å². The molecule has 8 nitrogen and oxygen atoms in total. The van der Waals surface area contributed by atoms with Crippen LogP contribution in [0.3, 0.4) is 0 Å². The number of nitrogens with one attached hydrogen (secondary N) is 1. The molecule has 9 heteroatoms. The third-order valence-corrected chi connectivity index (χ3v) is 5.73. The Labute approximate surface area is 168 Å². The molecule has 0 aliphatic rings. The van der Waals surface area contributed by atoms with Gasteiger partial charge in [0.05, 0.1) is 35.0 Å². The van der Waals surface area contributed by atoms with Gasteiger partial charge in [0, 0.05) is 14.1 Å². The Morgan fingerprint density at radius 3 is 2.57 bits per heavy atom. The smallest absolute Gasteiger partial charge is 0.237 e. The van der Waals surface area contributed by atoms with Gasteiger partial charge in [0.25, 0.3) is 0 Å². The average molecular weight is 401 g/mol. The molecule has 0 spiro atoms. The van der Waals surface area contributed by atoms with Crippen LogP contribution < -0.4 is 10.1 Å². The first-order chi connectivity index (χ1) is 13.3. The number of aromatic nitrogens is 5. The van der Waals surface area contributed by atoms with Gasteiger partial charge in [-0.25, -0.2) is 0 Å². The molecule has 3 aromatic rings. The van der Waals surface area contributed by atoms with Crippen LogP contribution in [0.15, 0.2) is 29.4 Å². The number of carbonyl (C=O) groups is 1. The summed E-state index contributed by atoms with van der Waals surface area (Å²) in [4.78, 5) is 12.7. The van der Waals surface area contributed by atoms with Crippen molar-refractivity contribution in [2.24, 2.45) is 14.1 Å². The van der Waals surface area contributed by atoms with E-state index in [1.165, 1.54) is 11.8 Å². The zero-order valence-electron chi connectivity index (χ0n) is 16.8.